The molecule has 0 fully saturated rings. The molecule has 0 aromatic heterocycles. The smallest absolute Gasteiger partial charge is 0.0843 e. The fourth-order valence-corrected chi connectivity index (χ4v) is 1.18. The van der Waals surface area contributed by atoms with Crippen LogP contribution in [0.4, 0.5) is 0 Å². The minimum atomic E-state index is 0.773. The normalized spacial score (nSPS) is 11.6. The quantitative estimate of drug-likeness (QED) is 0.649. The number of hydrogen-bond donors (Lipinski definition) is 0. The maximum atomic E-state index is 5.72. The van der Waals surface area contributed by atoms with Crippen molar-refractivity contribution in [2.75, 3.05) is 0 Å². The van der Waals surface area contributed by atoms with Crippen LogP contribution in [0.1, 0.15) is 5.56 Å². The van der Waals surface area contributed by atoms with Crippen molar-refractivity contribution in [1.82, 2.24) is 0 Å². The molecular formula is C8H7BBrCl. The van der Waals surface area contributed by atoms with E-state index in [1.54, 1.807) is 0 Å². The zero-order chi connectivity index (χ0) is 8.27. The van der Waals surface area contributed by atoms with E-state index in [0.29, 0.717) is 0 Å². The number of hydrogen-bond acceptors (Lipinski definition) is 0. The van der Waals surface area contributed by atoms with Crippen LogP contribution in [0.3, 0.4) is 0 Å². The molecule has 1 rings (SSSR count). The van der Waals surface area contributed by atoms with Crippen molar-refractivity contribution in [2.45, 2.75) is 0 Å². The van der Waals surface area contributed by atoms with E-state index in [1.807, 2.05) is 38.2 Å². The van der Waals surface area contributed by atoms with Crippen LogP contribution >= 0.6 is 27.5 Å². The van der Waals surface area contributed by atoms with Gasteiger partial charge in [-0.25, -0.2) is 0 Å². The summed E-state index contributed by atoms with van der Waals surface area (Å²) in [6.45, 7) is 0. The van der Waals surface area contributed by atoms with Gasteiger partial charge in [0.25, 0.3) is 0 Å². The van der Waals surface area contributed by atoms with E-state index in [1.165, 1.54) is 0 Å². The molecule has 0 radical (unpaired) electrons. The van der Waals surface area contributed by atoms with Crippen LogP contribution < -0.4 is 0 Å². The average molecular weight is 229 g/mol. The van der Waals surface area contributed by atoms with Crippen LogP contribution in [-0.4, -0.2) is 7.85 Å². The minimum Gasteiger partial charge on any atom is -0.0843 e. The van der Waals surface area contributed by atoms with Crippen molar-refractivity contribution in [3.8, 4) is 0 Å². The van der Waals surface area contributed by atoms with Gasteiger partial charge in [0.15, 0.2) is 0 Å². The van der Waals surface area contributed by atoms with E-state index >= 15 is 0 Å². The summed E-state index contributed by atoms with van der Waals surface area (Å²) in [5, 5.41) is 0.773. The summed E-state index contributed by atoms with van der Waals surface area (Å²) in [6, 6.07) is 7.72. The van der Waals surface area contributed by atoms with Crippen LogP contribution in [0.2, 0.25) is 5.02 Å². The second kappa shape index (κ2) is 3.98. The van der Waals surface area contributed by atoms with Crippen molar-refractivity contribution < 1.29 is 0 Å². The minimum absolute atomic E-state index is 0.773. The molecule has 0 bridgehead atoms. The van der Waals surface area contributed by atoms with Gasteiger partial charge in [-0.2, -0.15) is 0 Å². The van der Waals surface area contributed by atoms with Crippen LogP contribution in [0.15, 0.2) is 28.6 Å². The molecule has 1 aromatic carbocycles. The molecule has 1 aromatic rings. The Morgan fingerprint density at radius 1 is 1.36 bits per heavy atom. The van der Waals surface area contributed by atoms with Gasteiger partial charge < -0.3 is 0 Å². The Hall–Kier alpha value is -0.205. The van der Waals surface area contributed by atoms with Crippen molar-refractivity contribution in [3.63, 3.8) is 0 Å². The fraction of sp³-hybridized carbons (Fsp3) is 0. The molecular weight excluding hydrogens is 222 g/mol. The van der Waals surface area contributed by atoms with Crippen molar-refractivity contribution in [1.29, 1.82) is 0 Å². The topological polar surface area (TPSA) is 0 Å². The average Bonchev–Trinajstić information content (AvgIpc) is 1.93. The highest BCUT2D eigenvalue weighted by Crippen LogP contribution is 2.13. The first kappa shape index (κ1) is 8.89. The van der Waals surface area contributed by atoms with E-state index in [2.05, 4.69) is 15.9 Å². The predicted octanol–water partition coefficient (Wildman–Crippen LogP) is 2.67. The third-order valence-electron chi connectivity index (χ3n) is 1.24. The number of benzene rings is 1. The van der Waals surface area contributed by atoms with Gasteiger partial charge in [-0.15, -0.1) is 0 Å². The molecule has 0 heterocycles. The molecule has 0 N–H and O–H groups in total. The molecule has 0 unspecified atom stereocenters. The zero-order valence-electron chi connectivity index (χ0n) is 6.14. The molecule has 3 heteroatoms. The van der Waals surface area contributed by atoms with E-state index in [0.717, 1.165) is 15.0 Å². The Bertz CT molecular complexity index is 262. The molecule has 11 heavy (non-hydrogen) atoms. The Labute approximate surface area is 80.8 Å². The second-order valence-electron chi connectivity index (χ2n) is 2.28. The van der Waals surface area contributed by atoms with Crippen LogP contribution in [0.5, 0.6) is 0 Å². The van der Waals surface area contributed by atoms with Gasteiger partial charge >= 0.3 is 0 Å². The molecule has 0 spiro atoms. The second-order valence-corrected chi connectivity index (χ2v) is 3.97. The van der Waals surface area contributed by atoms with Crippen molar-refractivity contribution in [2.24, 2.45) is 0 Å². The molecule has 56 valence electrons. The molecule has 0 saturated heterocycles. The molecule has 0 saturated carbocycles. The maximum Gasteiger partial charge on any atom is 0.148 e. The highest BCUT2D eigenvalue weighted by molar-refractivity contribution is 9.12. The Morgan fingerprint density at radius 2 is 1.91 bits per heavy atom. The van der Waals surface area contributed by atoms with E-state index < -0.39 is 0 Å². The summed E-state index contributed by atoms with van der Waals surface area (Å²) < 4.78 is 1.11. The van der Waals surface area contributed by atoms with Crippen LogP contribution in [0, 0.1) is 0 Å². The van der Waals surface area contributed by atoms with Gasteiger partial charge in [0, 0.05) is 5.02 Å². The maximum absolute atomic E-state index is 5.72. The monoisotopic (exact) mass is 228 g/mol. The lowest BCUT2D eigenvalue weighted by molar-refractivity contribution is 1.66. The Morgan fingerprint density at radius 3 is 2.36 bits per heavy atom. The lowest BCUT2D eigenvalue weighted by Gasteiger charge is -1.93. The fourth-order valence-electron chi connectivity index (χ4n) is 0.789. The SMILES string of the molecule is B/C(Br)=C\c1ccc(Cl)cc1. The highest BCUT2D eigenvalue weighted by atomic mass is 79.9. The first-order valence-electron chi connectivity index (χ1n) is 3.28. The van der Waals surface area contributed by atoms with Crippen molar-refractivity contribution >= 4 is 41.5 Å². The predicted molar refractivity (Wildman–Crippen MR) is 56.9 cm³/mol. The first-order chi connectivity index (χ1) is 5.18. The summed E-state index contributed by atoms with van der Waals surface area (Å²) in [4.78, 5) is 0. The molecule has 0 amide bonds. The first-order valence-corrected chi connectivity index (χ1v) is 4.45. The molecule has 0 aliphatic carbocycles. The summed E-state index contributed by atoms with van der Waals surface area (Å²) in [6.07, 6.45) is 2.04. The lowest BCUT2D eigenvalue weighted by Crippen LogP contribution is -1.72. The molecule has 0 aliphatic heterocycles. The third kappa shape index (κ3) is 3.13. The Balaban J connectivity index is 2.91. The van der Waals surface area contributed by atoms with Crippen molar-refractivity contribution in [3.05, 3.63) is 39.2 Å². The standard InChI is InChI=1S/C8H7BBrCl/c9-8(10)5-6-1-3-7(11)4-2-6/h1-5H,9H2/b8-5+. The van der Waals surface area contributed by atoms with Gasteiger partial charge in [-0.3, -0.25) is 0 Å². The van der Waals surface area contributed by atoms with E-state index in [-0.39, 0.29) is 0 Å². The molecule has 0 aliphatic rings. The summed E-state index contributed by atoms with van der Waals surface area (Å²) in [5.41, 5.74) is 1.16. The summed E-state index contributed by atoms with van der Waals surface area (Å²) in [7, 11) is 1.99. The largest absolute Gasteiger partial charge is 0.148 e. The summed E-state index contributed by atoms with van der Waals surface area (Å²) in [5.74, 6) is 0. The Kier molecular flexibility index (Phi) is 3.22. The van der Waals surface area contributed by atoms with E-state index in [9.17, 15) is 0 Å². The lowest BCUT2D eigenvalue weighted by atomic mass is 10.1. The highest BCUT2D eigenvalue weighted by Gasteiger charge is 1.88. The molecule has 0 nitrogen and oxygen atoms in total. The zero-order valence-corrected chi connectivity index (χ0v) is 8.48. The molecule has 0 atom stereocenters. The summed E-state index contributed by atoms with van der Waals surface area (Å²) >= 11 is 9.07. The van der Waals surface area contributed by atoms with Gasteiger partial charge in [-0.05, 0) is 22.1 Å². The van der Waals surface area contributed by atoms with Crippen LogP contribution in [-0.2, 0) is 0 Å². The third-order valence-corrected chi connectivity index (χ3v) is 1.72. The van der Waals surface area contributed by atoms with Gasteiger partial charge in [-0.1, -0.05) is 45.7 Å². The van der Waals surface area contributed by atoms with E-state index in [4.69, 9.17) is 11.6 Å². The number of rotatable bonds is 1. The van der Waals surface area contributed by atoms with Gasteiger partial charge in [0.05, 0.1) is 0 Å². The number of halogens is 2. The van der Waals surface area contributed by atoms with Crippen LogP contribution in [0.25, 0.3) is 6.08 Å². The van der Waals surface area contributed by atoms with Gasteiger partial charge in [0.1, 0.15) is 7.85 Å². The van der Waals surface area contributed by atoms with Gasteiger partial charge in [0.2, 0.25) is 0 Å².